The Labute approximate surface area is 130 Å². The summed E-state index contributed by atoms with van der Waals surface area (Å²) in [7, 11) is -3.24. The molecule has 0 saturated carbocycles. The van der Waals surface area contributed by atoms with Crippen LogP contribution in [0.2, 0.25) is 0 Å². The van der Waals surface area contributed by atoms with Gasteiger partial charge in [0, 0.05) is 31.5 Å². The maximum Gasteiger partial charge on any atom is 0.232 e. The molecule has 0 spiro atoms. The predicted octanol–water partition coefficient (Wildman–Crippen LogP) is 1.73. The Hall–Kier alpha value is -1.86. The van der Waals surface area contributed by atoms with Crippen molar-refractivity contribution in [3.8, 4) is 0 Å². The van der Waals surface area contributed by atoms with Crippen LogP contribution in [0, 0.1) is 0 Å². The summed E-state index contributed by atoms with van der Waals surface area (Å²) in [5.74, 6) is 0.0859. The zero-order valence-electron chi connectivity index (χ0n) is 12.5. The molecule has 7 heteroatoms. The highest BCUT2D eigenvalue weighted by Crippen LogP contribution is 2.27. The summed E-state index contributed by atoms with van der Waals surface area (Å²) < 4.78 is 26.3. The Morgan fingerprint density at radius 1 is 1.36 bits per heavy atom. The van der Waals surface area contributed by atoms with Crippen molar-refractivity contribution in [1.29, 1.82) is 0 Å². The van der Waals surface area contributed by atoms with E-state index in [0.29, 0.717) is 0 Å². The molecule has 6 nitrogen and oxygen atoms in total. The fraction of sp³-hybridized carbons (Fsp3) is 0.400. The highest BCUT2D eigenvalue weighted by molar-refractivity contribution is 7.92. The third kappa shape index (κ3) is 3.31. The second-order valence-corrected chi connectivity index (χ2v) is 7.50. The van der Waals surface area contributed by atoms with Gasteiger partial charge >= 0.3 is 0 Å². The number of H-pyrrole nitrogens is 1. The second kappa shape index (κ2) is 6.10. The van der Waals surface area contributed by atoms with Crippen LogP contribution in [0.25, 0.3) is 0 Å². The predicted molar refractivity (Wildman–Crippen MR) is 85.9 cm³/mol. The molecule has 22 heavy (non-hydrogen) atoms. The van der Waals surface area contributed by atoms with Crippen molar-refractivity contribution < 1.29 is 8.42 Å². The minimum atomic E-state index is -3.24. The Morgan fingerprint density at radius 3 is 2.95 bits per heavy atom. The van der Waals surface area contributed by atoms with E-state index in [2.05, 4.69) is 25.9 Å². The maximum atomic E-state index is 11.8. The molecule has 1 aromatic carbocycles. The van der Waals surface area contributed by atoms with E-state index in [1.807, 2.05) is 18.2 Å². The lowest BCUT2D eigenvalue weighted by Gasteiger charge is -2.29. The Bertz CT molecular complexity index is 741. The number of hydrogen-bond donors (Lipinski definition) is 2. The SMILES string of the molecule is CCS(=O)(=O)Nc1cccc2c1CCN(Cc1ccn[nH]1)C2. The summed E-state index contributed by atoms with van der Waals surface area (Å²) in [6, 6.07) is 7.79. The summed E-state index contributed by atoms with van der Waals surface area (Å²) in [6.45, 7) is 4.18. The number of benzene rings is 1. The summed E-state index contributed by atoms with van der Waals surface area (Å²) in [4.78, 5) is 2.33. The third-order valence-electron chi connectivity index (χ3n) is 3.94. The normalized spacial score (nSPS) is 15.5. The molecule has 2 aromatic rings. The van der Waals surface area contributed by atoms with Crippen LogP contribution in [-0.4, -0.2) is 35.8 Å². The van der Waals surface area contributed by atoms with Gasteiger partial charge < -0.3 is 0 Å². The first kappa shape index (κ1) is 15.1. The van der Waals surface area contributed by atoms with E-state index < -0.39 is 10.0 Å². The molecule has 0 aliphatic carbocycles. The van der Waals surface area contributed by atoms with E-state index in [9.17, 15) is 8.42 Å². The fourth-order valence-electron chi connectivity index (χ4n) is 2.75. The molecule has 0 atom stereocenters. The van der Waals surface area contributed by atoms with Gasteiger partial charge in [0.2, 0.25) is 10.0 Å². The summed E-state index contributed by atoms with van der Waals surface area (Å²) >= 11 is 0. The number of aromatic nitrogens is 2. The van der Waals surface area contributed by atoms with Crippen LogP contribution in [-0.2, 0) is 29.5 Å². The number of fused-ring (bicyclic) bond motifs is 1. The number of rotatable bonds is 5. The minimum absolute atomic E-state index is 0.0859. The Kier molecular flexibility index (Phi) is 4.17. The fourth-order valence-corrected chi connectivity index (χ4v) is 3.42. The molecule has 3 rings (SSSR count). The highest BCUT2D eigenvalue weighted by atomic mass is 32.2. The van der Waals surface area contributed by atoms with Crippen LogP contribution in [0.3, 0.4) is 0 Å². The molecular formula is C15H20N4O2S. The molecule has 1 aliphatic rings. The van der Waals surface area contributed by atoms with Gasteiger partial charge in [-0.15, -0.1) is 0 Å². The van der Waals surface area contributed by atoms with Crippen molar-refractivity contribution in [2.24, 2.45) is 0 Å². The number of sulfonamides is 1. The average molecular weight is 320 g/mol. The summed E-state index contributed by atoms with van der Waals surface area (Å²) in [5.41, 5.74) is 4.11. The topological polar surface area (TPSA) is 78.1 Å². The van der Waals surface area contributed by atoms with Gasteiger partial charge in [-0.05, 0) is 36.6 Å². The van der Waals surface area contributed by atoms with Crippen molar-refractivity contribution >= 4 is 15.7 Å². The lowest BCUT2D eigenvalue weighted by atomic mass is 9.98. The van der Waals surface area contributed by atoms with Gasteiger partial charge in [0.1, 0.15) is 0 Å². The van der Waals surface area contributed by atoms with E-state index in [-0.39, 0.29) is 5.75 Å². The lowest BCUT2D eigenvalue weighted by Crippen LogP contribution is -2.31. The molecule has 2 heterocycles. The molecule has 0 amide bonds. The zero-order chi connectivity index (χ0) is 15.6. The quantitative estimate of drug-likeness (QED) is 0.879. The van der Waals surface area contributed by atoms with E-state index in [0.717, 1.165) is 43.0 Å². The third-order valence-corrected chi connectivity index (χ3v) is 5.23. The highest BCUT2D eigenvalue weighted by Gasteiger charge is 2.20. The lowest BCUT2D eigenvalue weighted by molar-refractivity contribution is 0.243. The number of nitrogens with zero attached hydrogens (tertiary/aromatic N) is 2. The van der Waals surface area contributed by atoms with Crippen LogP contribution in [0.5, 0.6) is 0 Å². The molecule has 0 fully saturated rings. The summed E-state index contributed by atoms with van der Waals surface area (Å²) in [5, 5.41) is 6.94. The van der Waals surface area contributed by atoms with Crippen LogP contribution in [0.15, 0.2) is 30.5 Å². The molecule has 1 aromatic heterocycles. The van der Waals surface area contributed by atoms with Crippen molar-refractivity contribution in [3.05, 3.63) is 47.3 Å². The Morgan fingerprint density at radius 2 is 2.23 bits per heavy atom. The number of anilines is 1. The van der Waals surface area contributed by atoms with Gasteiger partial charge in [-0.2, -0.15) is 5.10 Å². The van der Waals surface area contributed by atoms with E-state index >= 15 is 0 Å². The van der Waals surface area contributed by atoms with Crippen LogP contribution >= 0.6 is 0 Å². The van der Waals surface area contributed by atoms with Crippen LogP contribution in [0.1, 0.15) is 23.7 Å². The molecule has 1 aliphatic heterocycles. The largest absolute Gasteiger partial charge is 0.293 e. The first-order valence-corrected chi connectivity index (χ1v) is 9.04. The molecular weight excluding hydrogens is 300 g/mol. The van der Waals surface area contributed by atoms with Gasteiger partial charge in [0.05, 0.1) is 11.4 Å². The minimum Gasteiger partial charge on any atom is -0.293 e. The van der Waals surface area contributed by atoms with E-state index in [4.69, 9.17) is 0 Å². The number of aromatic amines is 1. The van der Waals surface area contributed by atoms with Crippen molar-refractivity contribution in [2.45, 2.75) is 26.4 Å². The van der Waals surface area contributed by atoms with Gasteiger partial charge in [0.15, 0.2) is 0 Å². The van der Waals surface area contributed by atoms with E-state index in [1.165, 1.54) is 5.56 Å². The van der Waals surface area contributed by atoms with Crippen molar-refractivity contribution in [2.75, 3.05) is 17.0 Å². The van der Waals surface area contributed by atoms with Gasteiger partial charge in [-0.3, -0.25) is 14.7 Å². The zero-order valence-corrected chi connectivity index (χ0v) is 13.4. The van der Waals surface area contributed by atoms with Crippen LogP contribution in [0.4, 0.5) is 5.69 Å². The monoisotopic (exact) mass is 320 g/mol. The van der Waals surface area contributed by atoms with Gasteiger partial charge in [0.25, 0.3) is 0 Å². The van der Waals surface area contributed by atoms with Gasteiger partial charge in [-0.1, -0.05) is 12.1 Å². The average Bonchev–Trinajstić information content (AvgIpc) is 3.00. The molecule has 0 bridgehead atoms. The van der Waals surface area contributed by atoms with Crippen LogP contribution < -0.4 is 4.72 Å². The number of hydrogen-bond acceptors (Lipinski definition) is 4. The standard InChI is InChI=1S/C15H20N4O2S/c1-2-22(20,21)18-15-5-3-4-12-10-19(9-7-14(12)15)11-13-6-8-16-17-13/h3-6,8,18H,2,7,9-11H2,1H3,(H,16,17). The van der Waals surface area contributed by atoms with Crippen molar-refractivity contribution in [3.63, 3.8) is 0 Å². The smallest absolute Gasteiger partial charge is 0.232 e. The molecule has 118 valence electrons. The molecule has 0 radical (unpaired) electrons. The second-order valence-electron chi connectivity index (χ2n) is 5.49. The number of nitrogens with one attached hydrogen (secondary N) is 2. The van der Waals surface area contributed by atoms with Gasteiger partial charge in [-0.25, -0.2) is 8.42 Å². The summed E-state index contributed by atoms with van der Waals surface area (Å²) in [6.07, 6.45) is 2.59. The van der Waals surface area contributed by atoms with E-state index in [1.54, 1.807) is 13.1 Å². The Balaban J connectivity index is 1.78. The van der Waals surface area contributed by atoms with Crippen molar-refractivity contribution in [1.82, 2.24) is 15.1 Å². The first-order valence-electron chi connectivity index (χ1n) is 7.39. The first-order chi connectivity index (χ1) is 10.6. The molecule has 0 saturated heterocycles. The molecule has 2 N–H and O–H groups in total. The molecule has 0 unspecified atom stereocenters. The maximum absolute atomic E-state index is 11.8.